The summed E-state index contributed by atoms with van der Waals surface area (Å²) in [6.45, 7) is 4.29. The Labute approximate surface area is 91.5 Å². The molecule has 0 bridgehead atoms. The number of H-pyrrole nitrogens is 1. The maximum Gasteiger partial charge on any atom is 0.673 e. The number of halogens is 4. The fourth-order valence-corrected chi connectivity index (χ4v) is 1.26. The molecule has 0 radical (unpaired) electrons. The second kappa shape index (κ2) is 6.52. The number of hydrogen-bond acceptors (Lipinski definition) is 1. The van der Waals surface area contributed by atoms with Gasteiger partial charge in [-0.15, -0.1) is 0 Å². The minimum Gasteiger partial charge on any atom is -0.418 e. The van der Waals surface area contributed by atoms with Gasteiger partial charge in [-0.25, -0.2) is 4.98 Å². The lowest BCUT2D eigenvalue weighted by molar-refractivity contribution is -0.416. The van der Waals surface area contributed by atoms with Crippen LogP contribution in [0, 0.1) is 0 Å². The van der Waals surface area contributed by atoms with Crippen molar-refractivity contribution in [3.05, 3.63) is 18.2 Å². The van der Waals surface area contributed by atoms with Crippen LogP contribution in [0.15, 0.2) is 12.4 Å². The Kier molecular flexibility index (Phi) is 6.09. The minimum atomic E-state index is -6.00. The van der Waals surface area contributed by atoms with Gasteiger partial charge in [0, 0.05) is 24.7 Å². The lowest BCUT2D eigenvalue weighted by Crippen LogP contribution is -2.59. The molecule has 0 saturated carbocycles. The van der Waals surface area contributed by atoms with Crippen molar-refractivity contribution in [2.75, 3.05) is 0 Å². The van der Waals surface area contributed by atoms with E-state index < -0.39 is 7.25 Å². The quantitative estimate of drug-likeness (QED) is 0.615. The summed E-state index contributed by atoms with van der Waals surface area (Å²) in [5.74, 6) is 1.57. The Morgan fingerprint density at radius 3 is 2.19 bits per heavy atom. The summed E-state index contributed by atoms with van der Waals surface area (Å²) in [5, 5.41) is 0. The summed E-state index contributed by atoms with van der Waals surface area (Å²) in [6, 6.07) is 0.495. The molecule has 0 saturated heterocycles. The monoisotopic (exact) mass is 241 g/mol. The van der Waals surface area contributed by atoms with Crippen LogP contribution in [0.2, 0.25) is 0 Å². The molecule has 1 rings (SSSR count). The lowest BCUT2D eigenvalue weighted by Gasteiger charge is -2.08. The van der Waals surface area contributed by atoms with Crippen LogP contribution < -0.4 is 5.73 Å². The van der Waals surface area contributed by atoms with E-state index in [4.69, 9.17) is 0 Å². The minimum absolute atomic E-state index is 0.495. The predicted molar refractivity (Wildman–Crippen MR) is 54.2 cm³/mol. The van der Waals surface area contributed by atoms with Crippen LogP contribution in [-0.2, 0) is 0 Å². The lowest BCUT2D eigenvalue weighted by atomic mass is 10.0. The van der Waals surface area contributed by atoms with Gasteiger partial charge >= 0.3 is 7.25 Å². The Morgan fingerprint density at radius 1 is 1.38 bits per heavy atom. The second-order valence-corrected chi connectivity index (χ2v) is 3.71. The van der Waals surface area contributed by atoms with E-state index in [9.17, 15) is 17.3 Å². The van der Waals surface area contributed by atoms with Gasteiger partial charge in [0.2, 0.25) is 0 Å². The number of aromatic nitrogens is 2. The second-order valence-electron chi connectivity index (χ2n) is 3.71. The van der Waals surface area contributed by atoms with Gasteiger partial charge in [-0.1, -0.05) is 6.92 Å². The first-order valence-corrected chi connectivity index (χ1v) is 4.89. The zero-order valence-electron chi connectivity index (χ0n) is 9.26. The third-order valence-electron chi connectivity index (χ3n) is 1.74. The van der Waals surface area contributed by atoms with Crippen molar-refractivity contribution in [1.29, 1.82) is 0 Å². The first-order chi connectivity index (χ1) is 7.20. The molecule has 0 aliphatic rings. The SMILES string of the molecule is CC([NH3+])CC(C)c1ncc[nH]1.F[B-](F)(F)F. The van der Waals surface area contributed by atoms with Crippen molar-refractivity contribution in [3.63, 3.8) is 0 Å². The van der Waals surface area contributed by atoms with Gasteiger partial charge in [0.25, 0.3) is 0 Å². The average Bonchev–Trinajstić information content (AvgIpc) is 2.49. The van der Waals surface area contributed by atoms with Gasteiger partial charge in [0.05, 0.1) is 6.04 Å². The third-order valence-corrected chi connectivity index (χ3v) is 1.74. The number of hydrogen-bond donors (Lipinski definition) is 2. The molecule has 1 aromatic heterocycles. The van der Waals surface area contributed by atoms with Crippen LogP contribution in [0.25, 0.3) is 0 Å². The van der Waals surface area contributed by atoms with Crippen LogP contribution >= 0.6 is 0 Å². The van der Waals surface area contributed by atoms with E-state index in [2.05, 4.69) is 29.5 Å². The Hall–Kier alpha value is -1.05. The molecule has 4 N–H and O–H groups in total. The fraction of sp³-hybridized carbons (Fsp3) is 0.625. The molecule has 0 aromatic carbocycles. The summed E-state index contributed by atoms with van der Waals surface area (Å²) < 4.78 is 39.0. The molecule has 8 heteroatoms. The van der Waals surface area contributed by atoms with E-state index in [-0.39, 0.29) is 0 Å². The maximum absolute atomic E-state index is 9.75. The summed E-state index contributed by atoms with van der Waals surface area (Å²) in [5.41, 5.74) is 3.95. The van der Waals surface area contributed by atoms with E-state index in [1.165, 1.54) is 0 Å². The molecule has 0 amide bonds. The van der Waals surface area contributed by atoms with E-state index in [0.29, 0.717) is 12.0 Å². The van der Waals surface area contributed by atoms with Crippen molar-refractivity contribution in [1.82, 2.24) is 9.97 Å². The molecule has 0 fully saturated rings. The highest BCUT2D eigenvalue weighted by Crippen LogP contribution is 2.14. The van der Waals surface area contributed by atoms with E-state index in [1.807, 2.05) is 6.20 Å². The number of nitrogens with zero attached hydrogens (tertiary/aromatic N) is 1. The first kappa shape index (κ1) is 15.0. The van der Waals surface area contributed by atoms with Gasteiger partial charge in [-0.05, 0) is 6.92 Å². The highest BCUT2D eigenvalue weighted by molar-refractivity contribution is 6.50. The van der Waals surface area contributed by atoms with Crippen LogP contribution in [0.5, 0.6) is 0 Å². The molecule has 94 valence electrons. The predicted octanol–water partition coefficient (Wildman–Crippen LogP) is 1.83. The normalized spacial score (nSPS) is 14.9. The number of aromatic amines is 1. The molecular formula is C8H16BF4N3. The van der Waals surface area contributed by atoms with Crippen molar-refractivity contribution in [3.8, 4) is 0 Å². The maximum atomic E-state index is 9.75. The highest BCUT2D eigenvalue weighted by atomic mass is 19.5. The van der Waals surface area contributed by atoms with Crippen LogP contribution in [0.4, 0.5) is 17.3 Å². The summed E-state index contributed by atoms with van der Waals surface area (Å²) in [4.78, 5) is 7.29. The molecule has 0 aliphatic heterocycles. The van der Waals surface area contributed by atoms with Crippen molar-refractivity contribution >= 4 is 7.25 Å². The molecule has 1 aromatic rings. The number of rotatable bonds is 3. The molecule has 1 heterocycles. The van der Waals surface area contributed by atoms with Gasteiger partial charge < -0.3 is 28.0 Å². The summed E-state index contributed by atoms with van der Waals surface area (Å²) in [7, 11) is -6.00. The first-order valence-electron chi connectivity index (χ1n) is 4.89. The highest BCUT2D eigenvalue weighted by Gasteiger charge is 2.20. The van der Waals surface area contributed by atoms with Crippen molar-refractivity contribution < 1.29 is 23.0 Å². The van der Waals surface area contributed by atoms with Crippen molar-refractivity contribution in [2.24, 2.45) is 0 Å². The number of quaternary nitrogens is 1. The Morgan fingerprint density at radius 2 is 1.88 bits per heavy atom. The van der Waals surface area contributed by atoms with E-state index in [1.54, 1.807) is 6.20 Å². The molecule has 2 atom stereocenters. The zero-order valence-corrected chi connectivity index (χ0v) is 9.26. The zero-order chi connectivity index (χ0) is 12.8. The Bertz CT molecular complexity index is 267. The van der Waals surface area contributed by atoms with Crippen LogP contribution in [0.3, 0.4) is 0 Å². The standard InChI is InChI=1S/C8H15N3.BF4/c1-6(5-7(2)9)8-10-3-4-11-8;2-1(3,4)5/h3-4,6-7H,5,9H2,1-2H3,(H,10,11);/q;-1/p+1. The summed E-state index contributed by atoms with van der Waals surface area (Å²) in [6.07, 6.45) is 4.74. The molecule has 0 aliphatic carbocycles. The fourth-order valence-electron chi connectivity index (χ4n) is 1.26. The van der Waals surface area contributed by atoms with E-state index >= 15 is 0 Å². The average molecular weight is 241 g/mol. The topological polar surface area (TPSA) is 56.3 Å². The van der Waals surface area contributed by atoms with Gasteiger partial charge in [0.1, 0.15) is 5.82 Å². The van der Waals surface area contributed by atoms with Gasteiger partial charge in [0.15, 0.2) is 0 Å². The molecule has 16 heavy (non-hydrogen) atoms. The third kappa shape index (κ3) is 9.51. The van der Waals surface area contributed by atoms with Crippen LogP contribution in [-0.4, -0.2) is 23.3 Å². The summed E-state index contributed by atoms with van der Waals surface area (Å²) >= 11 is 0. The van der Waals surface area contributed by atoms with Crippen LogP contribution in [0.1, 0.15) is 32.0 Å². The van der Waals surface area contributed by atoms with Gasteiger partial charge in [-0.2, -0.15) is 0 Å². The molecule has 0 spiro atoms. The molecular weight excluding hydrogens is 225 g/mol. The largest absolute Gasteiger partial charge is 0.673 e. The number of nitrogens with one attached hydrogen (secondary N) is 1. The van der Waals surface area contributed by atoms with E-state index in [0.717, 1.165) is 12.2 Å². The molecule has 2 unspecified atom stereocenters. The molecule has 3 nitrogen and oxygen atoms in total. The Balaban J connectivity index is 0.000000385. The smallest absolute Gasteiger partial charge is 0.418 e. The number of imidazole rings is 1. The van der Waals surface area contributed by atoms with Crippen molar-refractivity contribution in [2.45, 2.75) is 32.2 Å². The van der Waals surface area contributed by atoms with Gasteiger partial charge in [-0.3, -0.25) is 0 Å².